The van der Waals surface area contributed by atoms with Gasteiger partial charge in [0.2, 0.25) is 0 Å². The molecule has 0 spiro atoms. The fourth-order valence-corrected chi connectivity index (χ4v) is 3.06. The van der Waals surface area contributed by atoms with E-state index >= 15 is 0 Å². The largest absolute Gasteiger partial charge is 0.416 e. The van der Waals surface area contributed by atoms with Crippen molar-refractivity contribution in [1.29, 1.82) is 0 Å². The zero-order valence-corrected chi connectivity index (χ0v) is 12.9. The third-order valence-corrected chi connectivity index (χ3v) is 4.37. The second-order valence-corrected chi connectivity index (χ2v) is 5.76. The first kappa shape index (κ1) is 15.5. The first-order chi connectivity index (χ1) is 11.0. The number of halogens is 3. The molecule has 2 heterocycles. The number of hydrogen-bond donors (Lipinski definition) is 1. The lowest BCUT2D eigenvalue weighted by Crippen LogP contribution is -2.04. The van der Waals surface area contributed by atoms with Gasteiger partial charge in [0.25, 0.3) is 0 Å². The van der Waals surface area contributed by atoms with Crippen LogP contribution in [0.25, 0.3) is 21.7 Å². The average Bonchev–Trinajstić information content (AvgIpc) is 2.99. The molecule has 0 bridgehead atoms. The average molecular weight is 335 g/mol. The highest BCUT2D eigenvalue weighted by Gasteiger charge is 2.30. The minimum absolute atomic E-state index is 0.634. The maximum atomic E-state index is 12.7. The third kappa shape index (κ3) is 3.19. The minimum atomic E-state index is -4.34. The Morgan fingerprint density at radius 1 is 1.04 bits per heavy atom. The number of anilines is 1. The van der Waals surface area contributed by atoms with E-state index in [1.807, 2.05) is 12.1 Å². The summed E-state index contributed by atoms with van der Waals surface area (Å²) >= 11 is 1.43. The van der Waals surface area contributed by atoms with Gasteiger partial charge in [0, 0.05) is 30.6 Å². The summed E-state index contributed by atoms with van der Waals surface area (Å²) in [6.07, 6.45) is -0.967. The van der Waals surface area contributed by atoms with E-state index in [1.165, 1.54) is 23.5 Å². The number of hydrogen-bond acceptors (Lipinski definition) is 4. The Morgan fingerprint density at radius 3 is 2.35 bits per heavy atom. The van der Waals surface area contributed by atoms with Gasteiger partial charge in [0.15, 0.2) is 5.13 Å². The normalized spacial score (nSPS) is 11.5. The lowest BCUT2D eigenvalue weighted by Gasteiger charge is -2.07. The van der Waals surface area contributed by atoms with Crippen molar-refractivity contribution in [2.24, 2.45) is 0 Å². The molecule has 1 aromatic carbocycles. The molecule has 0 fully saturated rings. The molecular formula is C16H12F3N3S. The first-order valence-corrected chi connectivity index (χ1v) is 7.57. The van der Waals surface area contributed by atoms with E-state index in [2.05, 4.69) is 15.3 Å². The van der Waals surface area contributed by atoms with Crippen molar-refractivity contribution in [1.82, 2.24) is 9.97 Å². The van der Waals surface area contributed by atoms with E-state index in [9.17, 15) is 13.2 Å². The molecule has 118 valence electrons. The number of alkyl halides is 3. The highest BCUT2D eigenvalue weighted by atomic mass is 32.1. The van der Waals surface area contributed by atoms with E-state index in [-0.39, 0.29) is 0 Å². The molecule has 7 heteroatoms. The van der Waals surface area contributed by atoms with Gasteiger partial charge in [-0.2, -0.15) is 13.2 Å². The lowest BCUT2D eigenvalue weighted by atomic mass is 10.1. The van der Waals surface area contributed by atoms with Crippen molar-refractivity contribution in [3.8, 4) is 21.7 Å². The molecule has 23 heavy (non-hydrogen) atoms. The fourth-order valence-electron chi connectivity index (χ4n) is 2.13. The SMILES string of the molecule is CNc1nc(-c2ccc(C(F)(F)F)cc2)c(-c2cccnc2)s1. The molecule has 3 nitrogen and oxygen atoms in total. The summed E-state index contributed by atoms with van der Waals surface area (Å²) in [5.41, 5.74) is 1.48. The number of nitrogens with one attached hydrogen (secondary N) is 1. The Labute approximate surface area is 134 Å². The van der Waals surface area contributed by atoms with Gasteiger partial charge < -0.3 is 5.32 Å². The van der Waals surface area contributed by atoms with Gasteiger partial charge >= 0.3 is 6.18 Å². The summed E-state index contributed by atoms with van der Waals surface area (Å²) in [5, 5.41) is 3.66. The zero-order chi connectivity index (χ0) is 16.4. The Hall–Kier alpha value is -2.41. The van der Waals surface area contributed by atoms with E-state index in [4.69, 9.17) is 0 Å². The van der Waals surface area contributed by atoms with Crippen LogP contribution in [0, 0.1) is 0 Å². The van der Waals surface area contributed by atoms with Crippen molar-refractivity contribution in [2.75, 3.05) is 12.4 Å². The highest BCUT2D eigenvalue weighted by molar-refractivity contribution is 7.19. The third-order valence-electron chi connectivity index (χ3n) is 3.25. The molecule has 0 amide bonds. The summed E-state index contributed by atoms with van der Waals surface area (Å²) in [6, 6.07) is 8.73. The molecule has 2 aromatic heterocycles. The van der Waals surface area contributed by atoms with Crippen molar-refractivity contribution in [3.63, 3.8) is 0 Å². The van der Waals surface area contributed by atoms with Gasteiger partial charge in [-0.25, -0.2) is 4.98 Å². The first-order valence-electron chi connectivity index (χ1n) is 6.75. The quantitative estimate of drug-likeness (QED) is 0.737. The number of rotatable bonds is 3. The minimum Gasteiger partial charge on any atom is -0.365 e. The summed E-state index contributed by atoms with van der Waals surface area (Å²) in [4.78, 5) is 9.42. The predicted octanol–water partition coefficient (Wildman–Crippen LogP) is 4.93. The summed E-state index contributed by atoms with van der Waals surface area (Å²) in [5.74, 6) is 0. The van der Waals surface area contributed by atoms with Crippen LogP contribution >= 0.6 is 11.3 Å². The zero-order valence-electron chi connectivity index (χ0n) is 12.1. The van der Waals surface area contributed by atoms with Crippen LogP contribution in [-0.4, -0.2) is 17.0 Å². The maximum Gasteiger partial charge on any atom is 0.416 e. The monoisotopic (exact) mass is 335 g/mol. The molecule has 0 atom stereocenters. The van der Waals surface area contributed by atoms with Crippen LogP contribution in [0.3, 0.4) is 0 Å². The van der Waals surface area contributed by atoms with E-state index < -0.39 is 11.7 Å². The smallest absolute Gasteiger partial charge is 0.365 e. The van der Waals surface area contributed by atoms with Gasteiger partial charge in [-0.3, -0.25) is 4.98 Å². The number of aromatic nitrogens is 2. The van der Waals surface area contributed by atoms with Crippen molar-refractivity contribution in [3.05, 3.63) is 54.4 Å². The lowest BCUT2D eigenvalue weighted by molar-refractivity contribution is -0.137. The van der Waals surface area contributed by atoms with Crippen LogP contribution in [0.4, 0.5) is 18.3 Å². The van der Waals surface area contributed by atoms with Gasteiger partial charge in [-0.1, -0.05) is 29.5 Å². The second-order valence-electron chi connectivity index (χ2n) is 4.76. The second kappa shape index (κ2) is 6.00. The predicted molar refractivity (Wildman–Crippen MR) is 85.3 cm³/mol. The Bertz CT molecular complexity index is 796. The molecule has 0 aliphatic carbocycles. The molecule has 1 N–H and O–H groups in total. The fraction of sp³-hybridized carbons (Fsp3) is 0.125. The molecule has 0 aliphatic rings. The molecule has 0 radical (unpaired) electrons. The van der Waals surface area contributed by atoms with E-state index in [1.54, 1.807) is 19.4 Å². The topological polar surface area (TPSA) is 37.8 Å². The van der Waals surface area contributed by atoms with E-state index in [0.29, 0.717) is 16.4 Å². The van der Waals surface area contributed by atoms with Crippen LogP contribution in [0.5, 0.6) is 0 Å². The van der Waals surface area contributed by atoms with E-state index in [0.717, 1.165) is 22.6 Å². The van der Waals surface area contributed by atoms with Crippen LogP contribution < -0.4 is 5.32 Å². The maximum absolute atomic E-state index is 12.7. The summed E-state index contributed by atoms with van der Waals surface area (Å²) in [6.45, 7) is 0. The molecule has 3 aromatic rings. The van der Waals surface area contributed by atoms with Crippen LogP contribution in [-0.2, 0) is 6.18 Å². The number of thiazole rings is 1. The standard InChI is InChI=1S/C16H12F3N3S/c1-20-15-22-13(14(23-15)11-3-2-8-21-9-11)10-4-6-12(7-5-10)16(17,18)19/h2-9H,1H3,(H,20,22). The number of nitrogens with zero attached hydrogens (tertiary/aromatic N) is 2. The summed E-state index contributed by atoms with van der Waals surface area (Å²) in [7, 11) is 1.75. The molecule has 0 saturated carbocycles. The molecule has 0 unspecified atom stereocenters. The van der Waals surface area contributed by atoms with Gasteiger partial charge in [0.05, 0.1) is 16.1 Å². The molecule has 0 saturated heterocycles. The number of benzene rings is 1. The van der Waals surface area contributed by atoms with Gasteiger partial charge in [0.1, 0.15) is 0 Å². The Kier molecular flexibility index (Phi) is 4.04. The van der Waals surface area contributed by atoms with Crippen LogP contribution in [0.15, 0.2) is 48.8 Å². The van der Waals surface area contributed by atoms with Crippen molar-refractivity contribution in [2.45, 2.75) is 6.18 Å². The van der Waals surface area contributed by atoms with Crippen molar-refractivity contribution >= 4 is 16.5 Å². The van der Waals surface area contributed by atoms with Crippen LogP contribution in [0.2, 0.25) is 0 Å². The van der Waals surface area contributed by atoms with Crippen LogP contribution in [0.1, 0.15) is 5.56 Å². The Balaban J connectivity index is 2.07. The van der Waals surface area contributed by atoms with Gasteiger partial charge in [-0.05, 0) is 18.2 Å². The highest BCUT2D eigenvalue weighted by Crippen LogP contribution is 2.39. The summed E-state index contributed by atoms with van der Waals surface area (Å²) < 4.78 is 38.1. The molecular weight excluding hydrogens is 323 g/mol. The van der Waals surface area contributed by atoms with Crippen molar-refractivity contribution < 1.29 is 13.2 Å². The number of pyridine rings is 1. The van der Waals surface area contributed by atoms with Gasteiger partial charge in [-0.15, -0.1) is 0 Å². The Morgan fingerprint density at radius 2 is 1.78 bits per heavy atom. The molecule has 3 rings (SSSR count). The molecule has 0 aliphatic heterocycles.